The molecule has 4 atom stereocenters. The number of allylic oxidation sites excluding steroid dienone is 2. The molecule has 4 aliphatic carbocycles. The van der Waals surface area contributed by atoms with Gasteiger partial charge in [-0.2, -0.15) is 0 Å². The zero-order valence-electron chi connectivity index (χ0n) is 7.55. The normalized spacial score (nSPS) is 59.3. The molecule has 3 fully saturated rings. The highest BCUT2D eigenvalue weighted by Gasteiger charge is 2.68. The Kier molecular flexibility index (Phi) is 0.865. The van der Waals surface area contributed by atoms with E-state index in [2.05, 4.69) is 6.08 Å². The van der Waals surface area contributed by atoms with E-state index in [-0.39, 0.29) is 0 Å². The van der Waals surface area contributed by atoms with Crippen LogP contribution in [0, 0.1) is 23.2 Å². The molecule has 64 valence electrons. The number of hydrogen-bond donors (Lipinski definition) is 0. The van der Waals surface area contributed by atoms with Crippen LogP contribution in [0.2, 0.25) is 0 Å². The van der Waals surface area contributed by atoms with Gasteiger partial charge in [0.1, 0.15) is 0 Å². The van der Waals surface area contributed by atoms with Crippen LogP contribution in [-0.4, -0.2) is 0 Å². The van der Waals surface area contributed by atoms with Crippen molar-refractivity contribution < 1.29 is 0 Å². The molecule has 4 rings (SSSR count). The average molecular weight is 160 g/mol. The molecule has 4 unspecified atom stereocenters. The van der Waals surface area contributed by atoms with Gasteiger partial charge in [-0.05, 0) is 61.7 Å². The maximum atomic E-state index is 2.66. The lowest BCUT2D eigenvalue weighted by molar-refractivity contribution is 0.274. The third-order valence-electron chi connectivity index (χ3n) is 5.15. The van der Waals surface area contributed by atoms with Gasteiger partial charge in [0.2, 0.25) is 0 Å². The Bertz CT molecular complexity index is 276. The van der Waals surface area contributed by atoms with E-state index in [1.807, 2.05) is 5.57 Å². The quantitative estimate of drug-likeness (QED) is 0.477. The Morgan fingerprint density at radius 1 is 1.33 bits per heavy atom. The van der Waals surface area contributed by atoms with Crippen LogP contribution in [0.15, 0.2) is 11.6 Å². The first-order valence-corrected chi connectivity index (χ1v) is 5.61. The van der Waals surface area contributed by atoms with Crippen LogP contribution >= 0.6 is 0 Å². The van der Waals surface area contributed by atoms with Gasteiger partial charge in [-0.25, -0.2) is 0 Å². The molecule has 0 nitrogen and oxygen atoms in total. The van der Waals surface area contributed by atoms with Crippen molar-refractivity contribution in [1.82, 2.24) is 0 Å². The van der Waals surface area contributed by atoms with Gasteiger partial charge in [0.25, 0.3) is 0 Å². The topological polar surface area (TPSA) is 0 Å². The van der Waals surface area contributed by atoms with Gasteiger partial charge in [0.15, 0.2) is 0 Å². The molecule has 0 heteroatoms. The molecule has 0 N–H and O–H groups in total. The summed E-state index contributed by atoms with van der Waals surface area (Å²) in [4.78, 5) is 0. The molecule has 0 radical (unpaired) electrons. The molecule has 12 heavy (non-hydrogen) atoms. The highest BCUT2D eigenvalue weighted by Crippen LogP contribution is 2.76. The van der Waals surface area contributed by atoms with Gasteiger partial charge in [-0.1, -0.05) is 11.6 Å². The van der Waals surface area contributed by atoms with Crippen molar-refractivity contribution >= 4 is 0 Å². The van der Waals surface area contributed by atoms with E-state index in [1.54, 1.807) is 19.3 Å². The fourth-order valence-corrected chi connectivity index (χ4v) is 4.70. The van der Waals surface area contributed by atoms with Gasteiger partial charge in [0.05, 0.1) is 0 Å². The molecule has 0 heterocycles. The zero-order valence-corrected chi connectivity index (χ0v) is 7.55. The Morgan fingerprint density at radius 2 is 2.33 bits per heavy atom. The van der Waals surface area contributed by atoms with Crippen molar-refractivity contribution in [2.45, 2.75) is 38.5 Å². The minimum Gasteiger partial charge on any atom is -0.0819 e. The molecular formula is C12H16. The maximum absolute atomic E-state index is 2.66. The lowest BCUT2D eigenvalue weighted by atomic mass is 9.80. The molecule has 0 aromatic rings. The first-order valence-electron chi connectivity index (χ1n) is 5.61. The highest BCUT2D eigenvalue weighted by atomic mass is 14.7. The molecule has 0 aromatic heterocycles. The summed E-state index contributed by atoms with van der Waals surface area (Å²) in [6, 6.07) is 0. The summed E-state index contributed by atoms with van der Waals surface area (Å²) < 4.78 is 0. The minimum atomic E-state index is 0.886. The predicted molar refractivity (Wildman–Crippen MR) is 48.7 cm³/mol. The monoisotopic (exact) mass is 160 g/mol. The first kappa shape index (κ1) is 6.23. The van der Waals surface area contributed by atoms with E-state index in [4.69, 9.17) is 0 Å². The van der Waals surface area contributed by atoms with Crippen LogP contribution in [0.25, 0.3) is 0 Å². The molecule has 2 bridgehead atoms. The summed E-state index contributed by atoms with van der Waals surface area (Å²) in [7, 11) is 0. The van der Waals surface area contributed by atoms with E-state index in [1.165, 1.54) is 25.2 Å². The Labute approximate surface area is 74.0 Å². The average Bonchev–Trinajstić information content (AvgIpc) is 2.77. The summed E-state index contributed by atoms with van der Waals surface area (Å²) in [6.45, 7) is 0. The van der Waals surface area contributed by atoms with Crippen molar-refractivity contribution in [2.75, 3.05) is 0 Å². The number of hydrogen-bond acceptors (Lipinski definition) is 0. The molecule has 0 amide bonds. The molecule has 3 saturated carbocycles. The summed E-state index contributed by atoms with van der Waals surface area (Å²) >= 11 is 0. The van der Waals surface area contributed by atoms with E-state index in [0.29, 0.717) is 0 Å². The van der Waals surface area contributed by atoms with Gasteiger partial charge >= 0.3 is 0 Å². The van der Waals surface area contributed by atoms with Crippen LogP contribution in [0.5, 0.6) is 0 Å². The fraction of sp³-hybridized carbons (Fsp3) is 0.833. The smallest absolute Gasteiger partial charge is 0.0110 e. The SMILES string of the molecule is C1=C2CCCC34CCC1CC3C24. The van der Waals surface area contributed by atoms with Crippen LogP contribution in [0.1, 0.15) is 38.5 Å². The summed E-state index contributed by atoms with van der Waals surface area (Å²) in [5.74, 6) is 3.28. The molecule has 4 aliphatic rings. The Morgan fingerprint density at radius 3 is 3.33 bits per heavy atom. The maximum Gasteiger partial charge on any atom is -0.0110 e. The predicted octanol–water partition coefficient (Wildman–Crippen LogP) is 3.14. The minimum absolute atomic E-state index is 0.886. The van der Waals surface area contributed by atoms with Crippen LogP contribution in [-0.2, 0) is 0 Å². The van der Waals surface area contributed by atoms with E-state index >= 15 is 0 Å². The second kappa shape index (κ2) is 1.66. The second-order valence-electron chi connectivity index (χ2n) is 5.45. The zero-order chi connectivity index (χ0) is 7.76. The van der Waals surface area contributed by atoms with Crippen LogP contribution in [0.3, 0.4) is 0 Å². The van der Waals surface area contributed by atoms with Crippen molar-refractivity contribution in [3.05, 3.63) is 11.6 Å². The molecule has 0 aliphatic heterocycles. The molecule has 0 saturated heterocycles. The Hall–Kier alpha value is -0.260. The van der Waals surface area contributed by atoms with Crippen LogP contribution < -0.4 is 0 Å². The van der Waals surface area contributed by atoms with Crippen molar-refractivity contribution in [3.63, 3.8) is 0 Å². The lowest BCUT2D eigenvalue weighted by Gasteiger charge is -2.24. The van der Waals surface area contributed by atoms with Gasteiger partial charge in [-0.15, -0.1) is 0 Å². The number of rotatable bonds is 0. The van der Waals surface area contributed by atoms with E-state index < -0.39 is 0 Å². The summed E-state index contributed by atoms with van der Waals surface area (Å²) in [5.41, 5.74) is 2.77. The van der Waals surface area contributed by atoms with Gasteiger partial charge < -0.3 is 0 Å². The third-order valence-corrected chi connectivity index (χ3v) is 5.15. The second-order valence-corrected chi connectivity index (χ2v) is 5.45. The van der Waals surface area contributed by atoms with Gasteiger partial charge in [-0.3, -0.25) is 0 Å². The van der Waals surface area contributed by atoms with Crippen molar-refractivity contribution in [2.24, 2.45) is 23.2 Å². The van der Waals surface area contributed by atoms with Crippen molar-refractivity contribution in [3.8, 4) is 0 Å². The molecule has 1 spiro atoms. The van der Waals surface area contributed by atoms with Crippen LogP contribution in [0.4, 0.5) is 0 Å². The largest absolute Gasteiger partial charge is 0.0819 e. The number of fused-ring (bicyclic) bond motifs is 1. The Balaban J connectivity index is 1.91. The summed E-state index contributed by atoms with van der Waals surface area (Å²) in [5, 5.41) is 0. The first-order chi connectivity index (χ1) is 5.90. The standard InChI is InChI=1S/C12H16/c1-2-9-6-8-3-5-12(4-1)10(7-8)11(9)12/h6,8,10-11H,1-5,7H2. The highest BCUT2D eigenvalue weighted by molar-refractivity contribution is 5.34. The molecular weight excluding hydrogens is 144 g/mol. The van der Waals surface area contributed by atoms with E-state index in [9.17, 15) is 0 Å². The van der Waals surface area contributed by atoms with Crippen molar-refractivity contribution in [1.29, 1.82) is 0 Å². The molecule has 0 aromatic carbocycles. The third kappa shape index (κ3) is 0.496. The lowest BCUT2D eigenvalue weighted by Crippen LogP contribution is -2.14. The van der Waals surface area contributed by atoms with E-state index in [0.717, 1.165) is 17.3 Å². The summed E-state index contributed by atoms with van der Waals surface area (Å²) in [6.07, 6.45) is 11.9. The fourth-order valence-electron chi connectivity index (χ4n) is 4.70. The van der Waals surface area contributed by atoms with Gasteiger partial charge in [0, 0.05) is 0 Å².